The molecule has 1 rings (SSSR count). The Kier molecular flexibility index (Phi) is 6.13. The fourth-order valence-electron chi connectivity index (χ4n) is 1.93. The van der Waals surface area contributed by atoms with Crippen LogP contribution in [0.4, 0.5) is 4.79 Å². The van der Waals surface area contributed by atoms with Crippen molar-refractivity contribution in [1.29, 1.82) is 0 Å². The number of hydrogen-bond acceptors (Lipinski definition) is 4. The van der Waals surface area contributed by atoms with Crippen molar-refractivity contribution in [3.63, 3.8) is 0 Å². The fourth-order valence-corrected chi connectivity index (χ4v) is 2.25. The van der Waals surface area contributed by atoms with Crippen molar-refractivity contribution in [1.82, 2.24) is 9.80 Å². The van der Waals surface area contributed by atoms with E-state index in [1.165, 1.54) is 0 Å². The maximum atomic E-state index is 12.0. The molecule has 0 aromatic rings. The van der Waals surface area contributed by atoms with Gasteiger partial charge in [0.25, 0.3) is 0 Å². The minimum Gasteiger partial charge on any atom is -0.444 e. The molecule has 1 amide bonds. The monoisotopic (exact) mass is 314 g/mol. The van der Waals surface area contributed by atoms with Gasteiger partial charge in [0.05, 0.1) is 11.4 Å². The topological polar surface area (TPSA) is 49.9 Å². The van der Waals surface area contributed by atoms with Crippen molar-refractivity contribution in [3.8, 4) is 0 Å². The second-order valence-corrected chi connectivity index (χ2v) is 7.12. The maximum Gasteiger partial charge on any atom is 0.410 e. The van der Waals surface area contributed by atoms with Gasteiger partial charge in [-0.05, 0) is 20.8 Å². The lowest BCUT2D eigenvalue weighted by Gasteiger charge is -2.36. The number of piperazine rings is 1. The summed E-state index contributed by atoms with van der Waals surface area (Å²) in [4.78, 5) is 28.1. The highest BCUT2D eigenvalue weighted by Crippen LogP contribution is 2.13. The van der Waals surface area contributed by atoms with E-state index in [9.17, 15) is 9.59 Å². The number of nitrogens with zero attached hydrogens (tertiary/aromatic N) is 2. The predicted octanol–water partition coefficient (Wildman–Crippen LogP) is 2.48. The Labute approximate surface area is 132 Å². The van der Waals surface area contributed by atoms with Crippen LogP contribution in [0.3, 0.4) is 0 Å². The van der Waals surface area contributed by atoms with Gasteiger partial charge in [0.15, 0.2) is 0 Å². The Bertz CT molecular complexity index is 408. The molecule has 0 radical (unpaired) electrons. The molecule has 1 aliphatic rings. The van der Waals surface area contributed by atoms with E-state index in [-0.39, 0.29) is 17.8 Å². The van der Waals surface area contributed by atoms with Crippen molar-refractivity contribution in [2.24, 2.45) is 5.92 Å². The number of carbonyl (C=O) groups is 2. The molecule has 1 aliphatic heterocycles. The first-order chi connectivity index (χ1) is 9.60. The first-order valence-corrected chi connectivity index (χ1v) is 7.79. The van der Waals surface area contributed by atoms with Crippen molar-refractivity contribution >= 4 is 29.1 Å². The van der Waals surface area contributed by atoms with Gasteiger partial charge in [0.1, 0.15) is 11.4 Å². The minimum absolute atomic E-state index is 0.00556. The van der Waals surface area contributed by atoms with E-state index >= 15 is 0 Å². The summed E-state index contributed by atoms with van der Waals surface area (Å²) in [7, 11) is 0. The van der Waals surface area contributed by atoms with E-state index in [0.717, 1.165) is 0 Å². The molecule has 0 unspecified atom stereocenters. The molecule has 21 heavy (non-hydrogen) atoms. The molecule has 0 aromatic carbocycles. The largest absolute Gasteiger partial charge is 0.444 e. The van der Waals surface area contributed by atoms with Crippen LogP contribution in [0, 0.1) is 5.92 Å². The van der Waals surface area contributed by atoms with Gasteiger partial charge in [-0.15, -0.1) is 0 Å². The molecule has 0 bridgehead atoms. The number of amides is 1. The molecular weight excluding hydrogens is 288 g/mol. The average Bonchev–Trinajstić information content (AvgIpc) is 2.36. The first-order valence-electron chi connectivity index (χ1n) is 7.38. The number of hydrogen-bond donors (Lipinski definition) is 0. The molecule has 0 atom stereocenters. The minimum atomic E-state index is -0.479. The molecule has 1 saturated heterocycles. The molecule has 0 aromatic heterocycles. The van der Waals surface area contributed by atoms with E-state index in [2.05, 4.69) is 0 Å². The van der Waals surface area contributed by atoms with Crippen LogP contribution < -0.4 is 0 Å². The lowest BCUT2D eigenvalue weighted by Crippen LogP contribution is -2.51. The van der Waals surface area contributed by atoms with Crippen LogP contribution in [-0.4, -0.2) is 58.4 Å². The van der Waals surface area contributed by atoms with Gasteiger partial charge < -0.3 is 14.5 Å². The number of carbonyl (C=O) groups excluding carboxylic acids is 2. The molecule has 6 heteroatoms. The molecule has 5 nitrogen and oxygen atoms in total. The average molecular weight is 314 g/mol. The van der Waals surface area contributed by atoms with Crippen LogP contribution >= 0.6 is 12.2 Å². The Balaban J connectivity index is 2.43. The van der Waals surface area contributed by atoms with Crippen LogP contribution in [0.25, 0.3) is 0 Å². The van der Waals surface area contributed by atoms with E-state index < -0.39 is 5.60 Å². The van der Waals surface area contributed by atoms with Crippen LogP contribution in [0.1, 0.15) is 41.0 Å². The van der Waals surface area contributed by atoms with Gasteiger partial charge in [-0.1, -0.05) is 26.1 Å². The number of Topliss-reactive ketones (excluding diaryl/α,β-unsaturated/α-hetero) is 1. The summed E-state index contributed by atoms with van der Waals surface area (Å²) in [6.45, 7) is 11.8. The van der Waals surface area contributed by atoms with Gasteiger partial charge >= 0.3 is 6.09 Å². The van der Waals surface area contributed by atoms with E-state index in [4.69, 9.17) is 17.0 Å². The van der Waals surface area contributed by atoms with Gasteiger partial charge in [-0.3, -0.25) is 4.79 Å². The predicted molar refractivity (Wildman–Crippen MR) is 86.4 cm³/mol. The zero-order valence-corrected chi connectivity index (χ0v) is 14.5. The number of ether oxygens (including phenoxy) is 1. The summed E-state index contributed by atoms with van der Waals surface area (Å²) in [6.07, 6.45) is 0.0331. The zero-order chi connectivity index (χ0) is 16.2. The van der Waals surface area contributed by atoms with E-state index in [1.807, 2.05) is 39.5 Å². The summed E-state index contributed by atoms with van der Waals surface area (Å²) >= 11 is 5.33. The summed E-state index contributed by atoms with van der Waals surface area (Å²) < 4.78 is 5.35. The zero-order valence-electron chi connectivity index (χ0n) is 13.6. The highest BCUT2D eigenvalue weighted by atomic mass is 32.1. The van der Waals surface area contributed by atoms with Crippen LogP contribution in [0.2, 0.25) is 0 Å². The van der Waals surface area contributed by atoms with Crippen LogP contribution in [0.5, 0.6) is 0 Å². The van der Waals surface area contributed by atoms with E-state index in [0.29, 0.717) is 37.6 Å². The molecule has 0 N–H and O–H groups in total. The fraction of sp³-hybridized carbons (Fsp3) is 0.800. The Morgan fingerprint density at radius 2 is 1.57 bits per heavy atom. The Hall–Kier alpha value is -1.17. The number of ketones is 1. The SMILES string of the molecule is CC(C)C(=O)CC(=S)N1CCN(C(=O)OC(C)(C)C)CC1. The standard InChI is InChI=1S/C15H26N2O3S/c1-11(2)12(18)10-13(21)16-6-8-17(9-7-16)14(19)20-15(3,4)5/h11H,6-10H2,1-5H3. The molecule has 120 valence electrons. The van der Waals surface area contributed by atoms with Crippen molar-refractivity contribution in [3.05, 3.63) is 0 Å². The lowest BCUT2D eigenvalue weighted by atomic mass is 10.1. The second kappa shape index (κ2) is 7.20. The smallest absolute Gasteiger partial charge is 0.410 e. The second-order valence-electron chi connectivity index (χ2n) is 6.65. The lowest BCUT2D eigenvalue weighted by molar-refractivity contribution is -0.120. The molecule has 0 saturated carbocycles. The van der Waals surface area contributed by atoms with E-state index in [1.54, 1.807) is 4.90 Å². The van der Waals surface area contributed by atoms with Gasteiger partial charge in [0.2, 0.25) is 0 Å². The Morgan fingerprint density at radius 3 is 2.00 bits per heavy atom. The third-order valence-electron chi connectivity index (χ3n) is 3.25. The summed E-state index contributed by atoms with van der Waals surface area (Å²) in [6, 6.07) is 0. The van der Waals surface area contributed by atoms with Gasteiger partial charge in [-0.2, -0.15) is 0 Å². The molecule has 0 spiro atoms. The highest BCUT2D eigenvalue weighted by Gasteiger charge is 2.27. The van der Waals surface area contributed by atoms with Gasteiger partial charge in [-0.25, -0.2) is 4.79 Å². The molecule has 1 heterocycles. The number of rotatable bonds is 3. The summed E-state index contributed by atoms with van der Waals surface area (Å²) in [5.74, 6) is 0.167. The van der Waals surface area contributed by atoms with Gasteiger partial charge in [0, 0.05) is 32.1 Å². The normalized spacial score (nSPS) is 16.1. The highest BCUT2D eigenvalue weighted by molar-refractivity contribution is 7.80. The Morgan fingerprint density at radius 1 is 1.10 bits per heavy atom. The van der Waals surface area contributed by atoms with Crippen molar-refractivity contribution < 1.29 is 14.3 Å². The van der Waals surface area contributed by atoms with Crippen LogP contribution in [0.15, 0.2) is 0 Å². The maximum absolute atomic E-state index is 12.0. The molecular formula is C15H26N2O3S. The van der Waals surface area contributed by atoms with Crippen LogP contribution in [-0.2, 0) is 9.53 Å². The molecule has 1 fully saturated rings. The quantitative estimate of drug-likeness (QED) is 0.749. The summed E-state index contributed by atoms with van der Waals surface area (Å²) in [5, 5.41) is 0. The third kappa shape index (κ3) is 5.99. The van der Waals surface area contributed by atoms with Crippen molar-refractivity contribution in [2.45, 2.75) is 46.6 Å². The first kappa shape index (κ1) is 17.9. The third-order valence-corrected chi connectivity index (χ3v) is 3.66. The van der Waals surface area contributed by atoms with Crippen molar-refractivity contribution in [2.75, 3.05) is 26.2 Å². The number of thiocarbonyl (C=S) groups is 1. The summed E-state index contributed by atoms with van der Waals surface area (Å²) in [5.41, 5.74) is -0.479. The molecule has 0 aliphatic carbocycles.